The number of hydrogen-bond donors (Lipinski definition) is 4. The minimum Gasteiger partial charge on any atom is -0.494 e. The summed E-state index contributed by atoms with van der Waals surface area (Å²) in [5.74, 6) is 1.36. The van der Waals surface area contributed by atoms with Crippen LogP contribution in [0.25, 0.3) is 0 Å². The third-order valence-corrected chi connectivity index (χ3v) is 4.54. The van der Waals surface area contributed by atoms with E-state index in [9.17, 15) is 5.26 Å². The Morgan fingerprint density at radius 3 is 2.70 bits per heavy atom. The van der Waals surface area contributed by atoms with Crippen LogP contribution in [0.5, 0.6) is 5.75 Å². The average molecular weight is 405 g/mol. The Kier molecular flexibility index (Phi) is 5.90. The fraction of sp³-hybridized carbons (Fsp3) is 0.300. The highest BCUT2D eigenvalue weighted by Crippen LogP contribution is 2.41. The second-order valence-electron chi connectivity index (χ2n) is 6.94. The van der Waals surface area contributed by atoms with Crippen molar-refractivity contribution in [3.63, 3.8) is 0 Å². The quantitative estimate of drug-likeness (QED) is 0.427. The van der Waals surface area contributed by atoms with Gasteiger partial charge in [0.25, 0.3) is 0 Å². The van der Waals surface area contributed by atoms with Crippen LogP contribution in [0.1, 0.15) is 35.2 Å². The van der Waals surface area contributed by atoms with Crippen molar-refractivity contribution in [3.8, 4) is 18.0 Å². The van der Waals surface area contributed by atoms with Gasteiger partial charge in [0.05, 0.1) is 12.3 Å². The molecule has 30 heavy (non-hydrogen) atoms. The molecule has 0 bridgehead atoms. The number of aliphatic imine (C=N–C) groups is 1. The first kappa shape index (κ1) is 20.7. The number of nitrogens with one attached hydrogen (secondary N) is 2. The smallest absolute Gasteiger partial charge is 0.211 e. The zero-order valence-electron chi connectivity index (χ0n) is 17.0. The van der Waals surface area contributed by atoms with Crippen LogP contribution < -0.4 is 26.8 Å². The van der Waals surface area contributed by atoms with E-state index < -0.39 is 6.04 Å². The molecule has 1 aromatic heterocycles. The fourth-order valence-corrected chi connectivity index (χ4v) is 3.35. The van der Waals surface area contributed by atoms with Crippen LogP contribution in [0.4, 0.5) is 17.3 Å². The zero-order valence-corrected chi connectivity index (χ0v) is 17.0. The minimum absolute atomic E-state index is 0.0122. The third kappa shape index (κ3) is 3.90. The summed E-state index contributed by atoms with van der Waals surface area (Å²) >= 11 is 0. The van der Waals surface area contributed by atoms with Gasteiger partial charge in [0.1, 0.15) is 35.1 Å². The predicted molar refractivity (Wildman–Crippen MR) is 114 cm³/mol. The summed E-state index contributed by atoms with van der Waals surface area (Å²) in [6, 6.07) is 7.17. The number of rotatable bonds is 5. The number of nitrogen functional groups attached to an aromatic ring is 2. The molecule has 10 heteroatoms. The predicted octanol–water partition coefficient (Wildman–Crippen LogP) is 1.52. The van der Waals surface area contributed by atoms with Crippen LogP contribution in [0.15, 0.2) is 23.2 Å². The van der Waals surface area contributed by atoms with E-state index in [4.69, 9.17) is 21.5 Å². The van der Waals surface area contributed by atoms with E-state index in [-0.39, 0.29) is 23.0 Å². The lowest BCUT2D eigenvalue weighted by molar-refractivity contribution is 0.324. The van der Waals surface area contributed by atoms with Crippen molar-refractivity contribution >= 4 is 23.3 Å². The van der Waals surface area contributed by atoms with Crippen LogP contribution in [0.3, 0.4) is 0 Å². The number of guanidine groups is 1. The summed E-state index contributed by atoms with van der Waals surface area (Å²) < 4.78 is 5.76. The molecule has 10 nitrogen and oxygen atoms in total. The molecule has 1 aliphatic rings. The summed E-state index contributed by atoms with van der Waals surface area (Å²) in [5.41, 5.74) is 14.8. The lowest BCUT2D eigenvalue weighted by atomic mass is 9.93. The number of ether oxygens (including phenoxy) is 1. The Hall–Kier alpha value is -4.02. The summed E-state index contributed by atoms with van der Waals surface area (Å²) in [5, 5.41) is 23.9. The van der Waals surface area contributed by atoms with E-state index >= 15 is 0 Å². The number of aromatic nitrogens is 1. The molecular formula is C20H23N9O. The molecule has 1 atom stereocenters. The molecule has 6 N–H and O–H groups in total. The summed E-state index contributed by atoms with van der Waals surface area (Å²) in [6.45, 7) is 3.14. The second-order valence-corrected chi connectivity index (χ2v) is 6.94. The van der Waals surface area contributed by atoms with Crippen molar-refractivity contribution in [2.45, 2.75) is 19.5 Å². The topological polar surface area (TPSA) is 161 Å². The Bertz CT molecular complexity index is 1080. The van der Waals surface area contributed by atoms with Gasteiger partial charge in [-0.15, -0.1) is 0 Å². The molecule has 0 saturated heterocycles. The number of benzene rings is 1. The molecule has 0 saturated carbocycles. The van der Waals surface area contributed by atoms with E-state index in [0.717, 1.165) is 16.9 Å². The number of hydrogen-bond acceptors (Lipinski definition) is 10. The van der Waals surface area contributed by atoms with Crippen LogP contribution >= 0.6 is 0 Å². The van der Waals surface area contributed by atoms with Gasteiger partial charge in [0, 0.05) is 17.7 Å². The molecule has 2 heterocycles. The Balaban J connectivity index is 2.20. The molecule has 1 unspecified atom stereocenters. The molecule has 0 spiro atoms. The third-order valence-electron chi connectivity index (χ3n) is 4.54. The number of nitriles is 2. The molecule has 1 aromatic carbocycles. The van der Waals surface area contributed by atoms with Crippen LogP contribution in [-0.2, 0) is 6.54 Å². The van der Waals surface area contributed by atoms with E-state index in [1.807, 2.05) is 56.4 Å². The van der Waals surface area contributed by atoms with Gasteiger partial charge in [-0.05, 0) is 38.7 Å². The van der Waals surface area contributed by atoms with Gasteiger partial charge in [-0.1, -0.05) is 6.07 Å². The maximum Gasteiger partial charge on any atom is 0.211 e. The largest absolute Gasteiger partial charge is 0.494 e. The number of nitrogens with zero attached hydrogens (tertiary/aromatic N) is 5. The maximum absolute atomic E-state index is 9.45. The normalized spacial score (nSPS) is 14.7. The van der Waals surface area contributed by atoms with E-state index in [1.165, 1.54) is 0 Å². The molecule has 0 radical (unpaired) electrons. The standard InChI is InChI=1S/C20H23N9O/c1-4-30-14-6-5-11(7-12(14)9-29(2)3)17-15-16(23)13(8-21)18(24)27-19(15)28-20(26-17)25-10-22/h5-7,17H,4,9H2,1-3H3,(H6,23,24,25,26,27,28). The van der Waals surface area contributed by atoms with Gasteiger partial charge in [0.2, 0.25) is 5.96 Å². The lowest BCUT2D eigenvalue weighted by Gasteiger charge is -2.27. The first-order valence-electron chi connectivity index (χ1n) is 9.28. The summed E-state index contributed by atoms with van der Waals surface area (Å²) in [7, 11) is 3.94. The first-order chi connectivity index (χ1) is 14.4. The van der Waals surface area contributed by atoms with Crippen molar-refractivity contribution in [1.82, 2.24) is 15.2 Å². The average Bonchev–Trinajstić information content (AvgIpc) is 2.69. The second kappa shape index (κ2) is 8.55. The van der Waals surface area contributed by atoms with E-state index in [0.29, 0.717) is 24.5 Å². The van der Waals surface area contributed by atoms with Gasteiger partial charge in [0.15, 0.2) is 6.19 Å². The van der Waals surface area contributed by atoms with Crippen LogP contribution in [-0.4, -0.2) is 36.5 Å². The van der Waals surface area contributed by atoms with Gasteiger partial charge < -0.3 is 26.4 Å². The van der Waals surface area contributed by atoms with Gasteiger partial charge >= 0.3 is 0 Å². The highest BCUT2D eigenvalue weighted by molar-refractivity contribution is 5.98. The van der Waals surface area contributed by atoms with Gasteiger partial charge in [-0.3, -0.25) is 5.32 Å². The highest BCUT2D eigenvalue weighted by atomic mass is 16.5. The molecule has 154 valence electrons. The van der Waals surface area contributed by atoms with Crippen molar-refractivity contribution in [3.05, 3.63) is 40.5 Å². The van der Waals surface area contributed by atoms with Crippen LogP contribution in [0, 0.1) is 22.8 Å². The monoisotopic (exact) mass is 405 g/mol. The molecule has 1 aliphatic heterocycles. The van der Waals surface area contributed by atoms with Crippen LogP contribution in [0.2, 0.25) is 0 Å². The number of anilines is 3. The Morgan fingerprint density at radius 1 is 1.30 bits per heavy atom. The first-order valence-corrected chi connectivity index (χ1v) is 9.28. The highest BCUT2D eigenvalue weighted by Gasteiger charge is 2.30. The number of nitrogens with two attached hydrogens (primary N) is 2. The summed E-state index contributed by atoms with van der Waals surface area (Å²) in [6.07, 6.45) is 1.84. The number of pyridine rings is 1. The van der Waals surface area contributed by atoms with Crippen molar-refractivity contribution in [1.29, 1.82) is 10.5 Å². The van der Waals surface area contributed by atoms with Gasteiger partial charge in [-0.2, -0.15) is 10.5 Å². The SMILES string of the molecule is CCOc1ccc(C2N=C(NC#N)Nc3nc(N)c(C#N)c(N)c32)cc1CN(C)C. The molecule has 2 aromatic rings. The zero-order chi connectivity index (χ0) is 21.8. The van der Waals surface area contributed by atoms with E-state index in [1.54, 1.807) is 0 Å². The molecule has 0 amide bonds. The Morgan fingerprint density at radius 2 is 2.07 bits per heavy atom. The van der Waals surface area contributed by atoms with Crippen molar-refractivity contribution in [2.75, 3.05) is 37.5 Å². The summed E-state index contributed by atoms with van der Waals surface area (Å²) in [4.78, 5) is 10.9. The Labute approximate surface area is 174 Å². The number of fused-ring (bicyclic) bond motifs is 1. The fourth-order valence-electron chi connectivity index (χ4n) is 3.35. The molecule has 3 rings (SSSR count). The maximum atomic E-state index is 9.45. The van der Waals surface area contributed by atoms with Crippen molar-refractivity contribution < 1.29 is 4.74 Å². The molecule has 0 aliphatic carbocycles. The van der Waals surface area contributed by atoms with Gasteiger partial charge in [-0.25, -0.2) is 9.98 Å². The van der Waals surface area contributed by atoms with E-state index in [2.05, 4.69) is 20.6 Å². The minimum atomic E-state index is -0.589. The molecular weight excluding hydrogens is 382 g/mol. The lowest BCUT2D eigenvalue weighted by Crippen LogP contribution is -2.32. The van der Waals surface area contributed by atoms with Crippen molar-refractivity contribution in [2.24, 2.45) is 4.99 Å². The molecule has 0 fully saturated rings.